The van der Waals surface area contributed by atoms with Crippen molar-refractivity contribution in [2.24, 2.45) is 11.8 Å². The highest BCUT2D eigenvalue weighted by molar-refractivity contribution is 6.04. The molecule has 0 aromatic heterocycles. The summed E-state index contributed by atoms with van der Waals surface area (Å²) in [6.07, 6.45) is 0.911. The van der Waals surface area contributed by atoms with E-state index in [1.54, 1.807) is 36.4 Å². The van der Waals surface area contributed by atoms with Crippen LogP contribution in [0, 0.1) is 11.8 Å². The zero-order valence-electron chi connectivity index (χ0n) is 18.7. The van der Waals surface area contributed by atoms with E-state index in [4.69, 9.17) is 0 Å². The molecule has 0 radical (unpaired) electrons. The summed E-state index contributed by atoms with van der Waals surface area (Å²) in [6, 6.07) is 23.1. The fourth-order valence-electron chi connectivity index (χ4n) is 3.70. The summed E-state index contributed by atoms with van der Waals surface area (Å²) in [4.78, 5) is 37.4. The van der Waals surface area contributed by atoms with Gasteiger partial charge in [0, 0.05) is 28.4 Å². The zero-order valence-corrected chi connectivity index (χ0v) is 18.7. The summed E-state index contributed by atoms with van der Waals surface area (Å²) in [5.74, 6) is 0.0616. The van der Waals surface area contributed by atoms with E-state index in [-0.39, 0.29) is 29.7 Å². The van der Waals surface area contributed by atoms with Crippen molar-refractivity contribution in [3.05, 3.63) is 95.6 Å². The Hall–Kier alpha value is -3.93. The van der Waals surface area contributed by atoms with Gasteiger partial charge in [-0.2, -0.15) is 0 Å². The van der Waals surface area contributed by atoms with Crippen LogP contribution >= 0.6 is 0 Å². The Labute approximate surface area is 193 Å². The fourth-order valence-corrected chi connectivity index (χ4v) is 3.70. The van der Waals surface area contributed by atoms with Crippen molar-refractivity contribution in [2.45, 2.75) is 26.3 Å². The van der Waals surface area contributed by atoms with Crippen molar-refractivity contribution in [1.82, 2.24) is 5.32 Å². The van der Waals surface area contributed by atoms with Gasteiger partial charge in [-0.3, -0.25) is 14.4 Å². The van der Waals surface area contributed by atoms with Gasteiger partial charge in [0.2, 0.25) is 5.91 Å². The van der Waals surface area contributed by atoms with Gasteiger partial charge < -0.3 is 16.0 Å². The number of rotatable bonds is 7. The molecule has 1 saturated carbocycles. The Morgan fingerprint density at radius 3 is 2.12 bits per heavy atom. The van der Waals surface area contributed by atoms with Crippen LogP contribution in [0.1, 0.15) is 52.6 Å². The maximum atomic E-state index is 12.8. The minimum absolute atomic E-state index is 0.00258. The molecule has 3 aromatic rings. The van der Waals surface area contributed by atoms with Gasteiger partial charge in [-0.1, -0.05) is 43.3 Å². The van der Waals surface area contributed by atoms with Crippen LogP contribution in [0.25, 0.3) is 0 Å². The third kappa shape index (κ3) is 5.66. The Morgan fingerprint density at radius 1 is 0.788 bits per heavy atom. The molecule has 3 N–H and O–H groups in total. The van der Waals surface area contributed by atoms with Gasteiger partial charge >= 0.3 is 0 Å². The molecule has 6 nitrogen and oxygen atoms in total. The molecule has 1 aliphatic rings. The molecule has 0 bridgehead atoms. The Balaban J connectivity index is 1.39. The Bertz CT molecular complexity index is 1180. The molecular weight excluding hydrogens is 414 g/mol. The molecule has 6 heteroatoms. The summed E-state index contributed by atoms with van der Waals surface area (Å²) in [5.41, 5.74) is 3.18. The molecule has 1 aliphatic carbocycles. The van der Waals surface area contributed by atoms with E-state index in [1.807, 2.05) is 49.4 Å². The molecule has 0 saturated heterocycles. The van der Waals surface area contributed by atoms with E-state index >= 15 is 0 Å². The molecule has 0 spiro atoms. The lowest BCUT2D eigenvalue weighted by Crippen LogP contribution is -2.27. The van der Waals surface area contributed by atoms with Crippen LogP contribution in [-0.4, -0.2) is 17.7 Å². The van der Waals surface area contributed by atoms with Crippen molar-refractivity contribution < 1.29 is 14.4 Å². The third-order valence-electron chi connectivity index (χ3n) is 5.87. The first-order chi connectivity index (χ1) is 15.9. The molecule has 3 amide bonds. The average Bonchev–Trinajstić information content (AvgIpc) is 3.56. The average molecular weight is 442 g/mol. The van der Waals surface area contributed by atoms with Crippen LogP contribution in [0.5, 0.6) is 0 Å². The largest absolute Gasteiger partial charge is 0.346 e. The van der Waals surface area contributed by atoms with Gasteiger partial charge in [-0.15, -0.1) is 0 Å². The summed E-state index contributed by atoms with van der Waals surface area (Å²) in [7, 11) is 0. The number of carbonyl (C=O) groups excluding carboxylic acids is 3. The first-order valence-corrected chi connectivity index (χ1v) is 11.1. The van der Waals surface area contributed by atoms with Crippen LogP contribution in [0.3, 0.4) is 0 Å². The van der Waals surface area contributed by atoms with Gasteiger partial charge in [0.05, 0.1) is 6.04 Å². The zero-order chi connectivity index (χ0) is 23.4. The Morgan fingerprint density at radius 2 is 1.42 bits per heavy atom. The van der Waals surface area contributed by atoms with Crippen molar-refractivity contribution in [2.75, 3.05) is 10.6 Å². The first-order valence-electron chi connectivity index (χ1n) is 11.1. The quantitative estimate of drug-likeness (QED) is 0.481. The van der Waals surface area contributed by atoms with Crippen molar-refractivity contribution in [1.29, 1.82) is 0 Å². The minimum atomic E-state index is -0.281. The molecule has 3 atom stereocenters. The smallest absolute Gasteiger partial charge is 0.255 e. The van der Waals surface area contributed by atoms with E-state index < -0.39 is 0 Å². The standard InChI is InChI=1S/C27H27N3O3/c1-17-14-24(17)27(33)30-23-13-7-11-21(16-23)26(32)28-18(2)20-10-6-12-22(15-20)29-25(31)19-8-4-3-5-9-19/h3-13,15-18,24H,14H2,1-2H3,(H,28,32)(H,29,31)(H,30,33). The number of hydrogen-bond donors (Lipinski definition) is 3. The van der Waals surface area contributed by atoms with Crippen molar-refractivity contribution >= 4 is 29.1 Å². The number of benzene rings is 3. The van der Waals surface area contributed by atoms with E-state index in [1.165, 1.54) is 0 Å². The predicted octanol–water partition coefficient (Wildman–Crippen LogP) is 5.02. The second-order valence-electron chi connectivity index (χ2n) is 8.53. The lowest BCUT2D eigenvalue weighted by atomic mass is 10.1. The second-order valence-corrected chi connectivity index (χ2v) is 8.53. The van der Waals surface area contributed by atoms with Gasteiger partial charge in [0.25, 0.3) is 11.8 Å². The minimum Gasteiger partial charge on any atom is -0.346 e. The van der Waals surface area contributed by atoms with Gasteiger partial charge in [0.1, 0.15) is 0 Å². The molecule has 0 aliphatic heterocycles. The van der Waals surface area contributed by atoms with Gasteiger partial charge in [0.15, 0.2) is 0 Å². The van der Waals surface area contributed by atoms with Crippen LogP contribution < -0.4 is 16.0 Å². The molecule has 3 aromatic carbocycles. The lowest BCUT2D eigenvalue weighted by Gasteiger charge is -2.16. The van der Waals surface area contributed by atoms with Crippen molar-refractivity contribution in [3.63, 3.8) is 0 Å². The van der Waals surface area contributed by atoms with E-state index in [2.05, 4.69) is 22.9 Å². The highest BCUT2D eigenvalue weighted by Crippen LogP contribution is 2.38. The molecule has 0 heterocycles. The van der Waals surface area contributed by atoms with Crippen LogP contribution in [0.4, 0.5) is 11.4 Å². The van der Waals surface area contributed by atoms with Crippen LogP contribution in [0.2, 0.25) is 0 Å². The van der Waals surface area contributed by atoms with Crippen LogP contribution in [0.15, 0.2) is 78.9 Å². The maximum absolute atomic E-state index is 12.8. The highest BCUT2D eigenvalue weighted by atomic mass is 16.2. The second kappa shape index (κ2) is 9.69. The fraction of sp³-hybridized carbons (Fsp3) is 0.222. The monoisotopic (exact) mass is 441 g/mol. The van der Waals surface area contributed by atoms with E-state index in [9.17, 15) is 14.4 Å². The van der Waals surface area contributed by atoms with E-state index in [0.717, 1.165) is 12.0 Å². The Kier molecular flexibility index (Phi) is 6.54. The molecule has 3 unspecified atom stereocenters. The number of anilines is 2. The molecular formula is C27H27N3O3. The molecule has 1 fully saturated rings. The topological polar surface area (TPSA) is 87.3 Å². The van der Waals surface area contributed by atoms with Gasteiger partial charge in [-0.05, 0) is 67.3 Å². The predicted molar refractivity (Wildman–Crippen MR) is 129 cm³/mol. The number of carbonyl (C=O) groups is 3. The van der Waals surface area contributed by atoms with Crippen LogP contribution in [-0.2, 0) is 4.79 Å². The third-order valence-corrected chi connectivity index (χ3v) is 5.87. The maximum Gasteiger partial charge on any atom is 0.255 e. The normalized spacial score (nSPS) is 17.5. The summed E-state index contributed by atoms with van der Waals surface area (Å²) < 4.78 is 0. The number of nitrogens with one attached hydrogen (secondary N) is 3. The van der Waals surface area contributed by atoms with Gasteiger partial charge in [-0.25, -0.2) is 0 Å². The lowest BCUT2D eigenvalue weighted by molar-refractivity contribution is -0.117. The summed E-state index contributed by atoms with van der Waals surface area (Å²) >= 11 is 0. The number of amides is 3. The SMILES string of the molecule is CC(NC(=O)c1cccc(NC(=O)C2CC2C)c1)c1cccc(NC(=O)c2ccccc2)c1. The van der Waals surface area contributed by atoms with Crippen molar-refractivity contribution in [3.8, 4) is 0 Å². The summed E-state index contributed by atoms with van der Waals surface area (Å²) in [6.45, 7) is 3.94. The summed E-state index contributed by atoms with van der Waals surface area (Å²) in [5, 5.41) is 8.77. The molecule has 4 rings (SSSR count). The number of hydrogen-bond acceptors (Lipinski definition) is 3. The van der Waals surface area contributed by atoms with E-state index in [0.29, 0.717) is 28.4 Å². The molecule has 33 heavy (non-hydrogen) atoms. The highest BCUT2D eigenvalue weighted by Gasteiger charge is 2.39. The first kappa shape index (κ1) is 22.3. The molecule has 168 valence electrons.